The van der Waals surface area contributed by atoms with Gasteiger partial charge in [0, 0.05) is 41.5 Å². The van der Waals surface area contributed by atoms with E-state index in [0.29, 0.717) is 17.9 Å². The van der Waals surface area contributed by atoms with Crippen LogP contribution in [0.4, 0.5) is 14.6 Å². The van der Waals surface area contributed by atoms with Crippen molar-refractivity contribution in [2.45, 2.75) is 30.7 Å². The maximum Gasteiger partial charge on any atom is 0.242 e. The maximum atomic E-state index is 14.1. The average Bonchev–Trinajstić information content (AvgIpc) is 2.74. The number of nitrogens with zero attached hydrogens (tertiary/aromatic N) is 2. The minimum absolute atomic E-state index is 0.0166. The summed E-state index contributed by atoms with van der Waals surface area (Å²) in [4.78, 5) is 7.76. The Morgan fingerprint density at radius 3 is 2.50 bits per heavy atom. The van der Waals surface area contributed by atoms with Gasteiger partial charge in [-0.25, -0.2) is 26.9 Å². The van der Waals surface area contributed by atoms with Crippen molar-refractivity contribution in [2.24, 2.45) is 0 Å². The molecule has 0 aliphatic carbocycles. The summed E-state index contributed by atoms with van der Waals surface area (Å²) in [6.07, 6.45) is 3.85. The van der Waals surface area contributed by atoms with Crippen LogP contribution in [0.25, 0.3) is 0 Å². The zero-order chi connectivity index (χ0) is 23.5. The van der Waals surface area contributed by atoms with Crippen molar-refractivity contribution < 1.29 is 17.2 Å². The SMILES string of the molecule is CC(C)(CNc1ccc(S(=O)(=O)NCc2cc(Cl)cc(Cl)c2F)cn1)c1ccncc1F. The summed E-state index contributed by atoms with van der Waals surface area (Å²) in [6.45, 7) is 3.74. The second kappa shape index (κ2) is 9.66. The Balaban J connectivity index is 1.66. The Kier molecular flexibility index (Phi) is 7.34. The van der Waals surface area contributed by atoms with Gasteiger partial charge in [-0.15, -0.1) is 0 Å². The van der Waals surface area contributed by atoms with Gasteiger partial charge in [-0.1, -0.05) is 37.0 Å². The lowest BCUT2D eigenvalue weighted by atomic mass is 9.85. The fourth-order valence-electron chi connectivity index (χ4n) is 2.97. The van der Waals surface area contributed by atoms with E-state index < -0.39 is 27.1 Å². The van der Waals surface area contributed by atoms with E-state index in [-0.39, 0.29) is 27.0 Å². The standard InChI is InChI=1S/C21H20Cl2F2N4O2S/c1-21(2,16-5-6-26-11-18(16)24)12-28-19-4-3-15(10-27-19)32(30,31)29-9-13-7-14(22)8-17(23)20(13)25/h3-8,10-11,29H,9,12H2,1-2H3,(H,27,28). The van der Waals surface area contributed by atoms with Crippen molar-refractivity contribution in [3.63, 3.8) is 0 Å². The summed E-state index contributed by atoms with van der Waals surface area (Å²) >= 11 is 11.6. The van der Waals surface area contributed by atoms with Gasteiger partial charge in [0.1, 0.15) is 22.3 Å². The first-order valence-corrected chi connectivity index (χ1v) is 11.7. The van der Waals surface area contributed by atoms with E-state index in [2.05, 4.69) is 20.0 Å². The van der Waals surface area contributed by atoms with E-state index >= 15 is 0 Å². The summed E-state index contributed by atoms with van der Waals surface area (Å²) in [6, 6.07) is 6.99. The topological polar surface area (TPSA) is 84.0 Å². The Morgan fingerprint density at radius 2 is 1.84 bits per heavy atom. The molecule has 0 spiro atoms. The zero-order valence-corrected chi connectivity index (χ0v) is 19.5. The van der Waals surface area contributed by atoms with Crippen molar-refractivity contribution in [2.75, 3.05) is 11.9 Å². The van der Waals surface area contributed by atoms with Crippen LogP contribution >= 0.6 is 23.2 Å². The third-order valence-corrected chi connectivity index (χ3v) is 6.66. The fraction of sp³-hybridized carbons (Fsp3) is 0.238. The summed E-state index contributed by atoms with van der Waals surface area (Å²) in [7, 11) is -3.96. The molecule has 0 fully saturated rings. The molecule has 0 amide bonds. The molecule has 3 aromatic rings. The van der Waals surface area contributed by atoms with Crippen LogP contribution in [-0.4, -0.2) is 24.9 Å². The minimum atomic E-state index is -3.96. The van der Waals surface area contributed by atoms with Crippen LogP contribution in [0.1, 0.15) is 25.0 Å². The number of hydrogen-bond donors (Lipinski definition) is 2. The van der Waals surface area contributed by atoms with Crippen molar-refractivity contribution in [1.82, 2.24) is 14.7 Å². The zero-order valence-electron chi connectivity index (χ0n) is 17.2. The van der Waals surface area contributed by atoms with Crippen LogP contribution < -0.4 is 10.0 Å². The van der Waals surface area contributed by atoms with Crippen LogP contribution in [-0.2, 0) is 22.0 Å². The fourth-order valence-corrected chi connectivity index (χ4v) is 4.46. The van der Waals surface area contributed by atoms with E-state index in [0.717, 1.165) is 6.20 Å². The first-order chi connectivity index (χ1) is 15.0. The first-order valence-electron chi connectivity index (χ1n) is 9.42. The van der Waals surface area contributed by atoms with Crippen LogP contribution in [0.3, 0.4) is 0 Å². The molecule has 0 radical (unpaired) electrons. The number of pyridine rings is 2. The van der Waals surface area contributed by atoms with E-state index in [1.54, 1.807) is 6.07 Å². The molecular formula is C21H20Cl2F2N4O2S. The maximum absolute atomic E-state index is 14.1. The highest BCUT2D eigenvalue weighted by molar-refractivity contribution is 7.89. The molecule has 0 aliphatic rings. The van der Waals surface area contributed by atoms with E-state index in [1.807, 2.05) is 13.8 Å². The predicted octanol–water partition coefficient (Wildman–Crippen LogP) is 4.93. The van der Waals surface area contributed by atoms with Crippen LogP contribution in [0.15, 0.2) is 53.8 Å². The van der Waals surface area contributed by atoms with Gasteiger partial charge in [0.15, 0.2) is 0 Å². The van der Waals surface area contributed by atoms with Gasteiger partial charge in [-0.3, -0.25) is 4.98 Å². The van der Waals surface area contributed by atoms with Gasteiger partial charge in [-0.2, -0.15) is 0 Å². The number of sulfonamides is 1. The highest BCUT2D eigenvalue weighted by atomic mass is 35.5. The number of rotatable bonds is 8. The van der Waals surface area contributed by atoms with E-state index in [1.165, 1.54) is 36.7 Å². The molecule has 0 bridgehead atoms. The van der Waals surface area contributed by atoms with E-state index in [9.17, 15) is 17.2 Å². The summed E-state index contributed by atoms with van der Waals surface area (Å²) in [5.41, 5.74) is -0.0526. The summed E-state index contributed by atoms with van der Waals surface area (Å²) < 4.78 is 55.5. The number of aromatic nitrogens is 2. The van der Waals surface area contributed by atoms with Crippen LogP contribution in [0, 0.1) is 11.6 Å². The smallest absolute Gasteiger partial charge is 0.242 e. The quantitative estimate of drug-likeness (QED) is 0.428. The molecule has 32 heavy (non-hydrogen) atoms. The minimum Gasteiger partial charge on any atom is -0.369 e. The third kappa shape index (κ3) is 5.72. The number of halogens is 4. The lowest BCUT2D eigenvalue weighted by Gasteiger charge is -2.26. The number of hydrogen-bond acceptors (Lipinski definition) is 5. The summed E-state index contributed by atoms with van der Waals surface area (Å²) in [5.74, 6) is -0.735. The monoisotopic (exact) mass is 500 g/mol. The second-order valence-electron chi connectivity index (χ2n) is 7.66. The highest BCUT2D eigenvalue weighted by Gasteiger charge is 2.24. The van der Waals surface area contributed by atoms with E-state index in [4.69, 9.17) is 23.2 Å². The molecule has 1 aromatic carbocycles. The highest BCUT2D eigenvalue weighted by Crippen LogP contribution is 2.26. The van der Waals surface area contributed by atoms with Gasteiger partial charge < -0.3 is 5.32 Å². The Bertz CT molecular complexity index is 1220. The number of benzene rings is 1. The molecule has 11 heteroatoms. The lowest BCUT2D eigenvalue weighted by molar-refractivity contribution is 0.501. The molecule has 0 atom stereocenters. The molecular weight excluding hydrogens is 481 g/mol. The molecule has 3 rings (SSSR count). The second-order valence-corrected chi connectivity index (χ2v) is 10.3. The average molecular weight is 501 g/mol. The number of nitrogens with one attached hydrogen (secondary N) is 2. The van der Waals surface area contributed by atoms with Crippen molar-refractivity contribution in [1.29, 1.82) is 0 Å². The normalized spacial score (nSPS) is 12.1. The molecule has 2 N–H and O–H groups in total. The predicted molar refractivity (Wildman–Crippen MR) is 120 cm³/mol. The van der Waals surface area contributed by atoms with Crippen molar-refractivity contribution >= 4 is 39.0 Å². The Hall–Kier alpha value is -2.33. The largest absolute Gasteiger partial charge is 0.369 e. The van der Waals surface area contributed by atoms with Crippen LogP contribution in [0.5, 0.6) is 0 Å². The Labute approximate surface area is 195 Å². The van der Waals surface area contributed by atoms with Crippen molar-refractivity contribution in [3.8, 4) is 0 Å². The van der Waals surface area contributed by atoms with Crippen molar-refractivity contribution in [3.05, 3.63) is 81.7 Å². The first kappa shape index (κ1) is 24.3. The van der Waals surface area contributed by atoms with Gasteiger partial charge >= 0.3 is 0 Å². The molecule has 0 unspecified atom stereocenters. The number of anilines is 1. The van der Waals surface area contributed by atoms with Gasteiger partial charge in [-0.05, 0) is 35.9 Å². The third-order valence-electron chi connectivity index (χ3n) is 4.78. The molecule has 2 aromatic heterocycles. The molecule has 0 aliphatic heterocycles. The van der Waals surface area contributed by atoms with Gasteiger partial charge in [0.05, 0.1) is 11.2 Å². The molecule has 2 heterocycles. The van der Waals surface area contributed by atoms with Gasteiger partial charge in [0.25, 0.3) is 0 Å². The summed E-state index contributed by atoms with van der Waals surface area (Å²) in [5, 5.41) is 3.07. The Morgan fingerprint density at radius 1 is 1.09 bits per heavy atom. The van der Waals surface area contributed by atoms with Gasteiger partial charge in [0.2, 0.25) is 10.0 Å². The van der Waals surface area contributed by atoms with Crippen LogP contribution in [0.2, 0.25) is 10.0 Å². The molecule has 170 valence electrons. The molecule has 6 nitrogen and oxygen atoms in total. The molecule has 0 saturated carbocycles. The molecule has 0 saturated heterocycles. The lowest BCUT2D eigenvalue weighted by Crippen LogP contribution is -2.29.